The van der Waals surface area contributed by atoms with Crippen LogP contribution < -0.4 is 18.9 Å². The maximum absolute atomic E-state index is 13.4. The van der Waals surface area contributed by atoms with Crippen molar-refractivity contribution in [3.63, 3.8) is 0 Å². The number of nitrogens with zero attached hydrogens (tertiary/aromatic N) is 1. The first-order chi connectivity index (χ1) is 16.3. The number of hydrogen-bond acceptors (Lipinski definition) is 5. The highest BCUT2D eigenvalue weighted by Crippen LogP contribution is 2.40. The lowest BCUT2D eigenvalue weighted by Crippen LogP contribution is -2.45. The predicted molar refractivity (Wildman–Crippen MR) is 115 cm³/mol. The Labute approximate surface area is 197 Å². The average molecular weight is 507 g/mol. The fourth-order valence-corrected chi connectivity index (χ4v) is 2.96. The van der Waals surface area contributed by atoms with E-state index in [0.29, 0.717) is 28.4 Å². The van der Waals surface area contributed by atoms with Gasteiger partial charge in [0, 0.05) is 25.2 Å². The maximum atomic E-state index is 13.4. The Bertz CT molecular complexity index is 1040. The molecule has 1 amide bonds. The number of carbonyl (C=O) groups excluding carboxylic acids is 1. The van der Waals surface area contributed by atoms with Crippen LogP contribution in [0.15, 0.2) is 42.5 Å². The van der Waals surface area contributed by atoms with Crippen molar-refractivity contribution < 1.29 is 50.1 Å². The fraction of sp³-hybridized carbons (Fsp3) is 0.348. The van der Waals surface area contributed by atoms with E-state index in [2.05, 4.69) is 4.74 Å². The third-order valence-electron chi connectivity index (χ3n) is 4.70. The van der Waals surface area contributed by atoms with Gasteiger partial charge in [0.25, 0.3) is 6.17 Å². The third-order valence-corrected chi connectivity index (χ3v) is 4.70. The highest BCUT2D eigenvalue weighted by atomic mass is 19.4. The molecule has 192 valence electrons. The monoisotopic (exact) mass is 507 g/mol. The second-order valence-corrected chi connectivity index (χ2v) is 7.16. The fourth-order valence-electron chi connectivity index (χ4n) is 2.96. The second kappa shape index (κ2) is 11.2. The van der Waals surface area contributed by atoms with Crippen LogP contribution in [0, 0.1) is 0 Å². The number of alkyl halides is 6. The minimum absolute atomic E-state index is 0.151. The number of benzene rings is 2. The molecule has 0 aliphatic rings. The van der Waals surface area contributed by atoms with Gasteiger partial charge >= 0.3 is 12.3 Å². The molecule has 2 aromatic rings. The minimum Gasteiger partial charge on any atom is -0.493 e. The molecule has 0 aromatic heterocycles. The quantitative estimate of drug-likeness (QED) is 0.325. The Kier molecular flexibility index (Phi) is 8.88. The number of amides is 1. The van der Waals surface area contributed by atoms with Crippen molar-refractivity contribution in [2.24, 2.45) is 0 Å². The standard InChI is InChI=1S/C23H23F6NO5/c1-30(13-15-8-11-17(32-2)20(34-4)19(15)33-3)18(31)12-7-14-5-9-16(10-6-14)35-23(28,29)21(24)22(25,26)27/h5-12,21H,13H2,1-4H3/b12-7+/t21-/m0/s1. The molecule has 0 saturated heterocycles. The highest BCUT2D eigenvalue weighted by molar-refractivity contribution is 5.91. The lowest BCUT2D eigenvalue weighted by molar-refractivity contribution is -0.304. The van der Waals surface area contributed by atoms with Crippen LogP contribution in [0.4, 0.5) is 26.3 Å². The molecule has 2 aromatic carbocycles. The Hall–Kier alpha value is -3.57. The van der Waals surface area contributed by atoms with E-state index >= 15 is 0 Å². The van der Waals surface area contributed by atoms with Crippen LogP contribution in [-0.2, 0) is 11.3 Å². The van der Waals surface area contributed by atoms with Crippen LogP contribution in [0.25, 0.3) is 6.08 Å². The molecular formula is C23H23F6NO5. The largest absolute Gasteiger partial charge is 0.493 e. The Morgan fingerprint density at radius 1 is 0.943 bits per heavy atom. The van der Waals surface area contributed by atoms with Gasteiger partial charge in [-0.3, -0.25) is 4.79 Å². The van der Waals surface area contributed by atoms with Gasteiger partial charge in [-0.25, -0.2) is 4.39 Å². The van der Waals surface area contributed by atoms with Gasteiger partial charge in [-0.1, -0.05) is 12.1 Å². The zero-order chi connectivity index (χ0) is 26.4. The Balaban J connectivity index is 2.07. The number of ether oxygens (including phenoxy) is 4. The molecule has 0 aliphatic carbocycles. The Morgan fingerprint density at radius 3 is 2.06 bits per heavy atom. The summed E-state index contributed by atoms with van der Waals surface area (Å²) in [5.74, 6) is 0.116. The molecule has 12 heteroatoms. The summed E-state index contributed by atoms with van der Waals surface area (Å²) < 4.78 is 96.1. The first-order valence-corrected chi connectivity index (χ1v) is 9.92. The molecule has 1 atom stereocenters. The summed E-state index contributed by atoms with van der Waals surface area (Å²) in [5, 5.41) is 0. The van der Waals surface area contributed by atoms with E-state index in [0.717, 1.165) is 12.1 Å². The SMILES string of the molecule is COc1ccc(CN(C)C(=O)/C=C/c2ccc(OC(F)(F)[C@@H](F)C(F)(F)F)cc2)c(OC)c1OC. The zero-order valence-corrected chi connectivity index (χ0v) is 19.2. The second-order valence-electron chi connectivity index (χ2n) is 7.16. The van der Waals surface area contributed by atoms with Gasteiger partial charge in [-0.05, 0) is 35.9 Å². The normalized spacial score (nSPS) is 12.9. The lowest BCUT2D eigenvalue weighted by atomic mass is 10.1. The van der Waals surface area contributed by atoms with E-state index in [1.807, 2.05) is 0 Å². The predicted octanol–water partition coefficient (Wildman–Crippen LogP) is 5.26. The summed E-state index contributed by atoms with van der Waals surface area (Å²) in [6.45, 7) is 0.151. The van der Waals surface area contributed by atoms with E-state index in [1.54, 1.807) is 12.1 Å². The molecule has 0 radical (unpaired) electrons. The average Bonchev–Trinajstić information content (AvgIpc) is 2.81. The molecule has 0 saturated carbocycles. The molecule has 0 bridgehead atoms. The smallest absolute Gasteiger partial charge is 0.439 e. The van der Waals surface area contributed by atoms with Crippen molar-refractivity contribution in [1.29, 1.82) is 0 Å². The maximum Gasteiger partial charge on any atom is 0.439 e. The van der Waals surface area contributed by atoms with E-state index < -0.39 is 30.1 Å². The van der Waals surface area contributed by atoms with Crippen molar-refractivity contribution in [2.75, 3.05) is 28.4 Å². The first kappa shape index (κ1) is 27.7. The zero-order valence-electron chi connectivity index (χ0n) is 19.2. The summed E-state index contributed by atoms with van der Waals surface area (Å²) in [7, 11) is 5.91. The first-order valence-electron chi connectivity index (χ1n) is 9.92. The van der Waals surface area contributed by atoms with Crippen LogP contribution in [0.3, 0.4) is 0 Å². The number of rotatable bonds is 10. The van der Waals surface area contributed by atoms with Crippen LogP contribution >= 0.6 is 0 Å². The van der Waals surface area contributed by atoms with E-state index in [-0.39, 0.29) is 6.54 Å². The molecule has 35 heavy (non-hydrogen) atoms. The molecule has 2 rings (SSSR count). The molecule has 0 spiro atoms. The lowest BCUT2D eigenvalue weighted by Gasteiger charge is -2.23. The Morgan fingerprint density at radius 2 is 1.54 bits per heavy atom. The summed E-state index contributed by atoms with van der Waals surface area (Å²) >= 11 is 0. The van der Waals surface area contributed by atoms with Crippen LogP contribution in [0.1, 0.15) is 11.1 Å². The molecule has 0 unspecified atom stereocenters. The molecule has 0 aliphatic heterocycles. The summed E-state index contributed by atoms with van der Waals surface area (Å²) in [6, 6.07) is 7.67. The van der Waals surface area contributed by atoms with Crippen LogP contribution in [0.5, 0.6) is 23.0 Å². The van der Waals surface area contributed by atoms with Gasteiger partial charge in [-0.2, -0.15) is 22.0 Å². The third kappa shape index (κ3) is 6.96. The number of carbonyl (C=O) groups is 1. The molecule has 6 nitrogen and oxygen atoms in total. The van der Waals surface area contributed by atoms with Crippen LogP contribution in [0.2, 0.25) is 0 Å². The van der Waals surface area contributed by atoms with E-state index in [1.165, 1.54) is 57.6 Å². The van der Waals surface area contributed by atoms with Gasteiger partial charge in [0.1, 0.15) is 5.75 Å². The summed E-state index contributed by atoms with van der Waals surface area (Å²) in [6.07, 6.45) is -12.8. The summed E-state index contributed by atoms with van der Waals surface area (Å²) in [5.41, 5.74) is 1.00. The molecule has 0 N–H and O–H groups in total. The van der Waals surface area contributed by atoms with Crippen LogP contribution in [-0.4, -0.2) is 57.6 Å². The number of hydrogen-bond donors (Lipinski definition) is 0. The number of methoxy groups -OCH3 is 3. The summed E-state index contributed by atoms with van der Waals surface area (Å²) in [4.78, 5) is 13.9. The van der Waals surface area contributed by atoms with Crippen molar-refractivity contribution in [3.8, 4) is 23.0 Å². The van der Waals surface area contributed by atoms with Gasteiger partial charge in [0.05, 0.1) is 21.3 Å². The number of halogens is 6. The van der Waals surface area contributed by atoms with Crippen molar-refractivity contribution in [1.82, 2.24) is 4.90 Å². The van der Waals surface area contributed by atoms with Crippen molar-refractivity contribution in [2.45, 2.75) is 25.0 Å². The van der Waals surface area contributed by atoms with Gasteiger partial charge in [-0.15, -0.1) is 0 Å². The van der Waals surface area contributed by atoms with E-state index in [4.69, 9.17) is 14.2 Å². The van der Waals surface area contributed by atoms with Gasteiger partial charge in [0.2, 0.25) is 11.7 Å². The number of likely N-dealkylation sites (N-methyl/N-ethyl adjacent to an activating group) is 1. The van der Waals surface area contributed by atoms with Gasteiger partial charge < -0.3 is 23.8 Å². The highest BCUT2D eigenvalue weighted by Gasteiger charge is 2.59. The van der Waals surface area contributed by atoms with Gasteiger partial charge in [0.15, 0.2) is 11.5 Å². The molecule has 0 fully saturated rings. The van der Waals surface area contributed by atoms with E-state index in [9.17, 15) is 31.1 Å². The van der Waals surface area contributed by atoms with Crippen molar-refractivity contribution in [3.05, 3.63) is 53.6 Å². The molecule has 0 heterocycles. The minimum atomic E-state index is -5.78. The van der Waals surface area contributed by atoms with Crippen molar-refractivity contribution >= 4 is 12.0 Å². The topological polar surface area (TPSA) is 57.2 Å². The molecular weight excluding hydrogens is 484 g/mol.